The number of carbonyl (C=O) groups excluding carboxylic acids is 3. The Kier molecular flexibility index (Phi) is 6.69. The molecule has 1 N–H and O–H groups in total. The largest absolute Gasteiger partial charge is 0.449 e. The van der Waals surface area contributed by atoms with E-state index in [0.29, 0.717) is 10.6 Å². The zero-order valence-electron chi connectivity index (χ0n) is 14.2. The predicted octanol–water partition coefficient (Wildman–Crippen LogP) is 3.42. The molecule has 2 aromatic rings. The van der Waals surface area contributed by atoms with E-state index in [2.05, 4.69) is 11.9 Å². The molecular formula is C20H18ClNO4. The van der Waals surface area contributed by atoms with Gasteiger partial charge in [0, 0.05) is 22.7 Å². The molecule has 0 aliphatic carbocycles. The molecule has 1 atom stereocenters. The molecule has 0 heterocycles. The first-order chi connectivity index (χ1) is 12.4. The maximum absolute atomic E-state index is 12.7. The van der Waals surface area contributed by atoms with Crippen molar-refractivity contribution in [3.8, 4) is 0 Å². The van der Waals surface area contributed by atoms with Gasteiger partial charge in [0.15, 0.2) is 11.9 Å². The molecule has 2 rings (SSSR count). The highest BCUT2D eigenvalue weighted by atomic mass is 35.5. The highest BCUT2D eigenvalue weighted by Gasteiger charge is 2.23. The molecule has 5 nitrogen and oxygen atoms in total. The van der Waals surface area contributed by atoms with E-state index in [1.54, 1.807) is 36.4 Å². The number of esters is 1. The number of nitrogens with one attached hydrogen (secondary N) is 1. The van der Waals surface area contributed by atoms with Crippen molar-refractivity contribution >= 4 is 29.3 Å². The molecule has 0 saturated carbocycles. The van der Waals surface area contributed by atoms with Gasteiger partial charge in [0.1, 0.15) is 0 Å². The fourth-order valence-corrected chi connectivity index (χ4v) is 2.34. The van der Waals surface area contributed by atoms with Gasteiger partial charge in [-0.1, -0.05) is 35.9 Å². The van der Waals surface area contributed by atoms with Gasteiger partial charge in [-0.3, -0.25) is 9.59 Å². The van der Waals surface area contributed by atoms with E-state index < -0.39 is 18.0 Å². The highest BCUT2D eigenvalue weighted by Crippen LogP contribution is 2.18. The van der Waals surface area contributed by atoms with Gasteiger partial charge >= 0.3 is 5.97 Å². The van der Waals surface area contributed by atoms with Crippen LogP contribution in [0.1, 0.15) is 33.2 Å². The van der Waals surface area contributed by atoms with E-state index in [9.17, 15) is 14.4 Å². The van der Waals surface area contributed by atoms with E-state index in [1.165, 1.54) is 25.1 Å². The molecule has 0 aliphatic heterocycles. The number of benzene rings is 2. The summed E-state index contributed by atoms with van der Waals surface area (Å²) in [6.07, 6.45) is 0.521. The quantitative estimate of drug-likeness (QED) is 0.460. The first-order valence-electron chi connectivity index (χ1n) is 7.93. The number of rotatable bonds is 7. The molecule has 2 aromatic carbocycles. The third-order valence-corrected chi connectivity index (χ3v) is 3.82. The molecule has 0 radical (unpaired) electrons. The van der Waals surface area contributed by atoms with Crippen LogP contribution in [0.2, 0.25) is 5.02 Å². The third kappa shape index (κ3) is 4.80. The summed E-state index contributed by atoms with van der Waals surface area (Å²) in [7, 11) is 0. The maximum Gasteiger partial charge on any atom is 0.339 e. The zero-order valence-corrected chi connectivity index (χ0v) is 15.0. The minimum Gasteiger partial charge on any atom is -0.449 e. The molecule has 1 amide bonds. The van der Waals surface area contributed by atoms with Gasteiger partial charge in [-0.2, -0.15) is 0 Å². The Morgan fingerprint density at radius 3 is 2.35 bits per heavy atom. The SMILES string of the molecule is C=CCNC(=O)C(C)OC(=O)c1ccccc1C(=O)c1ccc(Cl)cc1. The molecule has 0 aliphatic rings. The second kappa shape index (κ2) is 8.97. The Labute approximate surface area is 156 Å². The lowest BCUT2D eigenvalue weighted by molar-refractivity contribution is -0.128. The fraction of sp³-hybridized carbons (Fsp3) is 0.150. The lowest BCUT2D eigenvalue weighted by Gasteiger charge is -2.14. The Hall–Kier alpha value is -2.92. The van der Waals surface area contributed by atoms with Gasteiger partial charge in [0.25, 0.3) is 5.91 Å². The standard InChI is InChI=1S/C20H18ClNO4/c1-3-12-22-19(24)13(2)26-20(25)17-7-5-4-6-16(17)18(23)14-8-10-15(21)11-9-14/h3-11,13H,1,12H2,2H3,(H,22,24). The normalized spacial score (nSPS) is 11.3. The molecule has 0 saturated heterocycles. The van der Waals surface area contributed by atoms with Crippen LogP contribution in [-0.2, 0) is 9.53 Å². The van der Waals surface area contributed by atoms with Crippen molar-refractivity contribution in [1.82, 2.24) is 5.32 Å². The van der Waals surface area contributed by atoms with Gasteiger partial charge in [-0.15, -0.1) is 6.58 Å². The highest BCUT2D eigenvalue weighted by molar-refractivity contribution is 6.30. The van der Waals surface area contributed by atoms with Crippen LogP contribution in [0.5, 0.6) is 0 Å². The molecule has 26 heavy (non-hydrogen) atoms. The number of ether oxygens (including phenoxy) is 1. The lowest BCUT2D eigenvalue weighted by atomic mass is 9.98. The Balaban J connectivity index is 2.21. The van der Waals surface area contributed by atoms with Crippen LogP contribution in [-0.4, -0.2) is 30.3 Å². The zero-order chi connectivity index (χ0) is 19.1. The first kappa shape index (κ1) is 19.4. The molecule has 0 spiro atoms. The summed E-state index contributed by atoms with van der Waals surface area (Å²) in [6, 6.07) is 12.7. The molecule has 6 heteroatoms. The molecule has 134 valence electrons. The number of carbonyl (C=O) groups is 3. The van der Waals surface area contributed by atoms with Gasteiger partial charge in [0.05, 0.1) is 5.56 Å². The summed E-state index contributed by atoms with van der Waals surface area (Å²) < 4.78 is 5.18. The van der Waals surface area contributed by atoms with E-state index in [-0.39, 0.29) is 23.5 Å². The van der Waals surface area contributed by atoms with Gasteiger partial charge in [0.2, 0.25) is 0 Å². The topological polar surface area (TPSA) is 72.5 Å². The summed E-state index contributed by atoms with van der Waals surface area (Å²) in [4.78, 5) is 37.0. The second-order valence-corrected chi connectivity index (χ2v) is 5.90. The van der Waals surface area contributed by atoms with E-state index in [0.717, 1.165) is 0 Å². The summed E-state index contributed by atoms with van der Waals surface area (Å²) in [6.45, 7) is 5.23. The smallest absolute Gasteiger partial charge is 0.339 e. The second-order valence-electron chi connectivity index (χ2n) is 5.46. The molecule has 0 aromatic heterocycles. The van der Waals surface area contributed by atoms with Crippen LogP contribution >= 0.6 is 11.6 Å². The summed E-state index contributed by atoms with van der Waals surface area (Å²) >= 11 is 5.84. The van der Waals surface area contributed by atoms with E-state index in [4.69, 9.17) is 16.3 Å². The van der Waals surface area contributed by atoms with Crippen molar-refractivity contribution in [2.24, 2.45) is 0 Å². The van der Waals surface area contributed by atoms with Crippen LogP contribution in [0.4, 0.5) is 0 Å². The molecular weight excluding hydrogens is 354 g/mol. The van der Waals surface area contributed by atoms with Crippen molar-refractivity contribution in [2.75, 3.05) is 6.54 Å². The van der Waals surface area contributed by atoms with Crippen molar-refractivity contribution in [2.45, 2.75) is 13.0 Å². The molecule has 1 unspecified atom stereocenters. The number of hydrogen-bond donors (Lipinski definition) is 1. The Morgan fingerprint density at radius 1 is 1.12 bits per heavy atom. The predicted molar refractivity (Wildman–Crippen MR) is 99.4 cm³/mol. The van der Waals surface area contributed by atoms with Crippen molar-refractivity contribution < 1.29 is 19.1 Å². The van der Waals surface area contributed by atoms with E-state index in [1.807, 2.05) is 0 Å². The van der Waals surface area contributed by atoms with E-state index >= 15 is 0 Å². The van der Waals surface area contributed by atoms with Crippen molar-refractivity contribution in [3.63, 3.8) is 0 Å². The summed E-state index contributed by atoms with van der Waals surface area (Å²) in [5.74, 6) is -1.53. The number of halogens is 1. The third-order valence-electron chi connectivity index (χ3n) is 3.57. The number of ketones is 1. The summed E-state index contributed by atoms with van der Waals surface area (Å²) in [5, 5.41) is 3.05. The number of hydrogen-bond acceptors (Lipinski definition) is 4. The fourth-order valence-electron chi connectivity index (χ4n) is 2.21. The van der Waals surface area contributed by atoms with Gasteiger partial charge in [-0.05, 0) is 37.3 Å². The molecule has 0 fully saturated rings. The average molecular weight is 372 g/mol. The molecule has 0 bridgehead atoms. The Bertz CT molecular complexity index is 830. The van der Waals surface area contributed by atoms with Crippen LogP contribution in [0.25, 0.3) is 0 Å². The van der Waals surface area contributed by atoms with Gasteiger partial charge in [-0.25, -0.2) is 4.79 Å². The lowest BCUT2D eigenvalue weighted by Crippen LogP contribution is -2.36. The monoisotopic (exact) mass is 371 g/mol. The van der Waals surface area contributed by atoms with Gasteiger partial charge < -0.3 is 10.1 Å². The minimum atomic E-state index is -0.999. The van der Waals surface area contributed by atoms with Crippen LogP contribution in [0, 0.1) is 0 Å². The summed E-state index contributed by atoms with van der Waals surface area (Å²) in [5.41, 5.74) is 0.681. The van der Waals surface area contributed by atoms with Crippen LogP contribution in [0.15, 0.2) is 61.2 Å². The Morgan fingerprint density at radius 2 is 1.73 bits per heavy atom. The van der Waals surface area contributed by atoms with Crippen LogP contribution in [0.3, 0.4) is 0 Å². The van der Waals surface area contributed by atoms with Crippen molar-refractivity contribution in [3.05, 3.63) is 82.9 Å². The number of amides is 1. The van der Waals surface area contributed by atoms with Crippen molar-refractivity contribution in [1.29, 1.82) is 0 Å². The van der Waals surface area contributed by atoms with Crippen LogP contribution < -0.4 is 5.32 Å². The average Bonchev–Trinajstić information content (AvgIpc) is 2.66. The minimum absolute atomic E-state index is 0.0934. The maximum atomic E-state index is 12.7. The first-order valence-corrected chi connectivity index (χ1v) is 8.30.